The Bertz CT molecular complexity index is 1180. The number of imidazole rings is 1. The average Bonchev–Trinajstić information content (AvgIpc) is 3.15. The molecule has 7 heteroatoms. The van der Waals surface area contributed by atoms with Gasteiger partial charge in [-0.3, -0.25) is 9.35 Å². The number of carbonyl (C=O) groups is 1. The van der Waals surface area contributed by atoms with Crippen LogP contribution in [0.15, 0.2) is 60.8 Å². The van der Waals surface area contributed by atoms with Crippen LogP contribution < -0.4 is 0 Å². The zero-order valence-corrected chi connectivity index (χ0v) is 20.3. The van der Waals surface area contributed by atoms with Crippen LogP contribution in [-0.2, 0) is 23.1 Å². The summed E-state index contributed by atoms with van der Waals surface area (Å²) in [5, 5.41) is 0. The summed E-state index contributed by atoms with van der Waals surface area (Å²) in [5.41, 5.74) is 3.83. The van der Waals surface area contributed by atoms with Crippen molar-refractivity contribution in [1.29, 1.82) is 0 Å². The van der Waals surface area contributed by atoms with Gasteiger partial charge in [-0.15, -0.1) is 0 Å². The average molecular weight is 469 g/mol. The molecule has 0 aliphatic heterocycles. The van der Waals surface area contributed by atoms with Crippen LogP contribution in [0.5, 0.6) is 0 Å². The number of hydrogen-bond acceptors (Lipinski definition) is 4. The number of aryl methyl sites for hydroxylation is 1. The molecule has 1 N–H and O–H groups in total. The highest BCUT2D eigenvalue weighted by atomic mass is 32.2. The molecule has 1 aromatic heterocycles. The van der Waals surface area contributed by atoms with E-state index in [4.69, 9.17) is 9.54 Å². The molecule has 6 nitrogen and oxygen atoms in total. The molecule has 3 aromatic rings. The molecule has 0 spiro atoms. The van der Waals surface area contributed by atoms with Crippen molar-refractivity contribution >= 4 is 15.9 Å². The van der Waals surface area contributed by atoms with Crippen molar-refractivity contribution in [2.45, 2.75) is 53.0 Å². The number of rotatable bonds is 10. The first-order valence-electron chi connectivity index (χ1n) is 11.2. The minimum Gasteiger partial charge on any atom is -0.330 e. The highest BCUT2D eigenvalue weighted by Gasteiger charge is 2.16. The second-order valence-electron chi connectivity index (χ2n) is 9.61. The molecule has 0 radical (unpaired) electrons. The van der Waals surface area contributed by atoms with Gasteiger partial charge in [-0.05, 0) is 23.8 Å². The van der Waals surface area contributed by atoms with E-state index in [1.54, 1.807) is 12.1 Å². The van der Waals surface area contributed by atoms with Gasteiger partial charge in [-0.1, -0.05) is 75.4 Å². The molecular weight excluding hydrogens is 436 g/mol. The largest absolute Gasteiger partial charge is 0.330 e. The lowest BCUT2D eigenvalue weighted by atomic mass is 9.90. The van der Waals surface area contributed by atoms with Crippen LogP contribution >= 0.6 is 0 Å². The predicted molar refractivity (Wildman–Crippen MR) is 131 cm³/mol. The third-order valence-corrected chi connectivity index (χ3v) is 6.27. The van der Waals surface area contributed by atoms with Crippen LogP contribution in [0.1, 0.15) is 61.8 Å². The fourth-order valence-electron chi connectivity index (χ4n) is 3.58. The molecule has 176 valence electrons. The first kappa shape index (κ1) is 24.9. The third kappa shape index (κ3) is 7.94. The van der Waals surface area contributed by atoms with Crippen molar-refractivity contribution in [3.8, 4) is 11.3 Å². The second-order valence-corrected chi connectivity index (χ2v) is 11.2. The Hall–Kier alpha value is -2.77. The molecule has 0 aliphatic carbocycles. The summed E-state index contributed by atoms with van der Waals surface area (Å²) in [5.74, 6) is 0.498. The molecule has 0 saturated heterocycles. The fraction of sp³-hybridized carbons (Fsp3) is 0.385. The van der Waals surface area contributed by atoms with Crippen molar-refractivity contribution in [3.63, 3.8) is 0 Å². The van der Waals surface area contributed by atoms with Gasteiger partial charge in [0.15, 0.2) is 5.78 Å². The van der Waals surface area contributed by atoms with Crippen molar-refractivity contribution in [3.05, 3.63) is 77.7 Å². The first-order valence-corrected chi connectivity index (χ1v) is 12.8. The quantitative estimate of drug-likeness (QED) is 0.317. The third-order valence-electron chi connectivity index (χ3n) is 5.46. The maximum atomic E-state index is 12.3. The topological polar surface area (TPSA) is 89.3 Å². The molecule has 0 amide bonds. The lowest BCUT2D eigenvalue weighted by molar-refractivity contribution is 0.0982. The second kappa shape index (κ2) is 10.4. The van der Waals surface area contributed by atoms with E-state index in [1.165, 1.54) is 0 Å². The van der Waals surface area contributed by atoms with Gasteiger partial charge in [0.05, 0.1) is 11.4 Å². The molecule has 0 fully saturated rings. The van der Waals surface area contributed by atoms with E-state index < -0.39 is 15.9 Å². The van der Waals surface area contributed by atoms with E-state index in [2.05, 4.69) is 43.7 Å². The van der Waals surface area contributed by atoms with Crippen LogP contribution in [0.3, 0.4) is 0 Å². The normalized spacial score (nSPS) is 12.1. The lowest BCUT2D eigenvalue weighted by Crippen LogP contribution is -2.11. The monoisotopic (exact) mass is 468 g/mol. The number of aromatic nitrogens is 2. The van der Waals surface area contributed by atoms with E-state index in [1.807, 2.05) is 30.3 Å². The van der Waals surface area contributed by atoms with Gasteiger partial charge in [0, 0.05) is 36.7 Å². The van der Waals surface area contributed by atoms with Crippen LogP contribution in [0.2, 0.25) is 0 Å². The van der Waals surface area contributed by atoms with Crippen molar-refractivity contribution in [2.24, 2.45) is 5.41 Å². The molecule has 33 heavy (non-hydrogen) atoms. The zero-order chi connectivity index (χ0) is 24.1. The lowest BCUT2D eigenvalue weighted by Gasteiger charge is -2.18. The molecule has 1 heterocycles. The summed E-state index contributed by atoms with van der Waals surface area (Å²) in [6.45, 7) is 7.33. The van der Waals surface area contributed by atoms with E-state index in [-0.39, 0.29) is 24.0 Å². The molecule has 0 unspecified atom stereocenters. The maximum Gasteiger partial charge on any atom is 0.264 e. The van der Waals surface area contributed by atoms with E-state index >= 15 is 0 Å². The van der Waals surface area contributed by atoms with Gasteiger partial charge in [0.2, 0.25) is 0 Å². The summed E-state index contributed by atoms with van der Waals surface area (Å²) in [4.78, 5) is 17.2. The molecule has 0 atom stereocenters. The first-order chi connectivity index (χ1) is 15.5. The van der Waals surface area contributed by atoms with Crippen LogP contribution in [0.25, 0.3) is 11.3 Å². The number of ketones is 1. The van der Waals surface area contributed by atoms with Crippen molar-refractivity contribution < 1.29 is 17.8 Å². The molecule has 0 bridgehead atoms. The molecule has 0 saturated carbocycles. The van der Waals surface area contributed by atoms with Crippen LogP contribution in [-0.4, -0.2) is 34.1 Å². The fourth-order valence-corrected chi connectivity index (χ4v) is 4.09. The van der Waals surface area contributed by atoms with Gasteiger partial charge in [-0.25, -0.2) is 4.98 Å². The Morgan fingerprint density at radius 2 is 1.70 bits per heavy atom. The Balaban J connectivity index is 1.74. The summed E-state index contributed by atoms with van der Waals surface area (Å²) in [7, 11) is -4.04. The molecule has 2 aromatic carbocycles. The highest BCUT2D eigenvalue weighted by Crippen LogP contribution is 2.24. The Kier molecular flexibility index (Phi) is 7.87. The maximum absolute atomic E-state index is 12.3. The summed E-state index contributed by atoms with van der Waals surface area (Å²) < 4.78 is 32.6. The van der Waals surface area contributed by atoms with Gasteiger partial charge in [0.1, 0.15) is 5.82 Å². The minimum atomic E-state index is -4.04. The summed E-state index contributed by atoms with van der Waals surface area (Å²) >= 11 is 0. The predicted octanol–water partition coefficient (Wildman–Crippen LogP) is 5.43. The van der Waals surface area contributed by atoms with Gasteiger partial charge in [-0.2, -0.15) is 8.42 Å². The van der Waals surface area contributed by atoms with Gasteiger partial charge in [0.25, 0.3) is 10.1 Å². The minimum absolute atomic E-state index is 0.0814. The Labute approximate surface area is 196 Å². The smallest absolute Gasteiger partial charge is 0.264 e. The SMILES string of the molecule is CC(C)(C)CCc1nc(-c2ccccc2)cn1Cc1ccc(C(=O)CCCS(=O)(=O)O)cc1. The Morgan fingerprint density at radius 1 is 1.03 bits per heavy atom. The Morgan fingerprint density at radius 3 is 2.30 bits per heavy atom. The van der Waals surface area contributed by atoms with Gasteiger partial charge < -0.3 is 4.57 Å². The van der Waals surface area contributed by atoms with Gasteiger partial charge >= 0.3 is 0 Å². The number of benzene rings is 2. The summed E-state index contributed by atoms with van der Waals surface area (Å²) in [6.07, 6.45) is 4.17. The highest BCUT2D eigenvalue weighted by molar-refractivity contribution is 7.85. The van der Waals surface area contributed by atoms with Crippen LogP contribution in [0, 0.1) is 5.41 Å². The zero-order valence-electron chi connectivity index (χ0n) is 19.5. The summed E-state index contributed by atoms with van der Waals surface area (Å²) in [6, 6.07) is 17.5. The number of carbonyl (C=O) groups excluding carboxylic acids is 1. The van der Waals surface area contributed by atoms with E-state index in [9.17, 15) is 13.2 Å². The number of Topliss-reactive ketones (excluding diaryl/α,β-unsaturated/α-hetero) is 1. The van der Waals surface area contributed by atoms with Crippen LogP contribution in [0.4, 0.5) is 0 Å². The number of nitrogens with zero attached hydrogens (tertiary/aromatic N) is 2. The molecule has 3 rings (SSSR count). The molecular formula is C26H32N2O4S. The van der Waals surface area contributed by atoms with Crippen molar-refractivity contribution in [1.82, 2.24) is 9.55 Å². The van der Waals surface area contributed by atoms with E-state index in [0.717, 1.165) is 35.5 Å². The standard InChI is InChI=1S/C26H32N2O4S/c1-26(2,3)16-15-25-27-23(21-8-5-4-6-9-21)19-28(25)18-20-11-13-22(14-12-20)24(29)10-7-17-33(30,31)32/h4-6,8-9,11-14,19H,7,10,15-18H2,1-3H3,(H,30,31,32). The molecule has 0 aliphatic rings. The van der Waals surface area contributed by atoms with Crippen molar-refractivity contribution in [2.75, 3.05) is 5.75 Å². The van der Waals surface area contributed by atoms with E-state index in [0.29, 0.717) is 12.1 Å². The number of hydrogen-bond donors (Lipinski definition) is 1.